The minimum absolute atomic E-state index is 0.225. The molecule has 2 saturated heterocycles. The number of carbonyl (C=O) groups is 1. The highest BCUT2D eigenvalue weighted by Crippen LogP contribution is 2.20. The number of amides is 1. The molecule has 18 heavy (non-hydrogen) atoms. The van der Waals surface area contributed by atoms with Crippen LogP contribution in [0.15, 0.2) is 0 Å². The van der Waals surface area contributed by atoms with E-state index in [4.69, 9.17) is 4.74 Å². The van der Waals surface area contributed by atoms with E-state index >= 15 is 0 Å². The lowest BCUT2D eigenvalue weighted by Gasteiger charge is -2.27. The number of hydrogen-bond donors (Lipinski definition) is 2. The third-order valence-electron chi connectivity index (χ3n) is 3.30. The van der Waals surface area contributed by atoms with Crippen LogP contribution < -0.4 is 5.32 Å². The van der Waals surface area contributed by atoms with E-state index in [9.17, 15) is 9.90 Å². The van der Waals surface area contributed by atoms with E-state index in [0.29, 0.717) is 13.1 Å². The van der Waals surface area contributed by atoms with Gasteiger partial charge in [-0.15, -0.1) is 0 Å². The second kappa shape index (κ2) is 5.03. The molecular formula is C12H23N3O3. The average molecular weight is 257 g/mol. The van der Waals surface area contributed by atoms with Crippen molar-refractivity contribution in [3.63, 3.8) is 0 Å². The van der Waals surface area contributed by atoms with Gasteiger partial charge in [0.1, 0.15) is 5.60 Å². The number of nitrogens with one attached hydrogen (secondary N) is 1. The van der Waals surface area contributed by atoms with E-state index in [-0.39, 0.29) is 12.1 Å². The molecule has 0 aromatic carbocycles. The summed E-state index contributed by atoms with van der Waals surface area (Å²) in [6.07, 6.45) is 0.0538. The van der Waals surface area contributed by atoms with Gasteiger partial charge in [-0.1, -0.05) is 0 Å². The molecule has 0 aromatic rings. The van der Waals surface area contributed by atoms with Gasteiger partial charge in [-0.3, -0.25) is 10.2 Å². The Balaban J connectivity index is 1.86. The molecule has 0 radical (unpaired) electrons. The Hall–Kier alpha value is -0.850. The van der Waals surface area contributed by atoms with Crippen molar-refractivity contribution in [1.82, 2.24) is 15.1 Å². The lowest BCUT2D eigenvalue weighted by Crippen LogP contribution is -2.44. The zero-order chi connectivity index (χ0) is 13.3. The molecule has 0 bridgehead atoms. The van der Waals surface area contributed by atoms with Crippen molar-refractivity contribution in [2.45, 2.75) is 45.2 Å². The fraction of sp³-hybridized carbons (Fsp3) is 0.917. The summed E-state index contributed by atoms with van der Waals surface area (Å²) >= 11 is 0. The van der Waals surface area contributed by atoms with Gasteiger partial charge in [0.2, 0.25) is 0 Å². The molecule has 0 aliphatic carbocycles. The van der Waals surface area contributed by atoms with E-state index in [1.165, 1.54) is 0 Å². The van der Waals surface area contributed by atoms with Gasteiger partial charge >= 0.3 is 6.09 Å². The molecule has 2 heterocycles. The highest BCUT2D eigenvalue weighted by atomic mass is 16.6. The summed E-state index contributed by atoms with van der Waals surface area (Å²) in [7, 11) is 0. The number of aliphatic hydroxyl groups is 1. The lowest BCUT2D eigenvalue weighted by molar-refractivity contribution is -0.00601. The molecule has 2 N–H and O–H groups in total. The highest BCUT2D eigenvalue weighted by Gasteiger charge is 2.36. The van der Waals surface area contributed by atoms with Crippen LogP contribution in [0.5, 0.6) is 0 Å². The first kappa shape index (κ1) is 13.6. The number of rotatable bonds is 1. The smallest absolute Gasteiger partial charge is 0.410 e. The second-order valence-electron chi connectivity index (χ2n) is 5.93. The average Bonchev–Trinajstić information content (AvgIpc) is 2.82. The van der Waals surface area contributed by atoms with E-state index in [0.717, 1.165) is 19.5 Å². The molecule has 2 atom stereocenters. The van der Waals surface area contributed by atoms with Crippen LogP contribution in [-0.4, -0.2) is 65.2 Å². The van der Waals surface area contributed by atoms with E-state index in [1.54, 1.807) is 4.90 Å². The maximum absolute atomic E-state index is 11.9. The number of hydrogen-bond acceptors (Lipinski definition) is 5. The second-order valence-corrected chi connectivity index (χ2v) is 5.93. The van der Waals surface area contributed by atoms with Crippen LogP contribution in [0.3, 0.4) is 0 Å². The number of nitrogens with zero attached hydrogens (tertiary/aromatic N) is 2. The standard InChI is InChI=1S/C12H23N3O3/c1-12(2,3)18-11(17)14-6-4-9(8-14)15-7-5-13-10(15)16/h9-10,13,16H,4-8H2,1-3H3/t9-,10?/m1/s1. The summed E-state index contributed by atoms with van der Waals surface area (Å²) in [5.41, 5.74) is -0.454. The first-order valence-electron chi connectivity index (χ1n) is 6.52. The van der Waals surface area contributed by atoms with Crippen LogP contribution in [0.4, 0.5) is 4.79 Å². The zero-order valence-corrected chi connectivity index (χ0v) is 11.3. The number of likely N-dealkylation sites (tertiary alicyclic amines) is 1. The first-order valence-corrected chi connectivity index (χ1v) is 6.52. The predicted molar refractivity (Wildman–Crippen MR) is 66.9 cm³/mol. The molecule has 6 heteroatoms. The quantitative estimate of drug-likeness (QED) is 0.701. The predicted octanol–water partition coefficient (Wildman–Crippen LogP) is 0.177. The molecule has 0 aromatic heterocycles. The number of aliphatic hydroxyl groups excluding tert-OH is 1. The van der Waals surface area contributed by atoms with Gasteiger partial charge in [0, 0.05) is 32.2 Å². The molecule has 104 valence electrons. The van der Waals surface area contributed by atoms with Crippen LogP contribution in [0.25, 0.3) is 0 Å². The fourth-order valence-electron chi connectivity index (χ4n) is 2.45. The first-order chi connectivity index (χ1) is 8.37. The summed E-state index contributed by atoms with van der Waals surface area (Å²) in [4.78, 5) is 15.6. The molecule has 2 fully saturated rings. The van der Waals surface area contributed by atoms with Gasteiger partial charge in [-0.05, 0) is 27.2 Å². The minimum atomic E-state index is -0.575. The topological polar surface area (TPSA) is 65.0 Å². The molecule has 1 unspecified atom stereocenters. The van der Waals surface area contributed by atoms with Crippen molar-refractivity contribution >= 4 is 6.09 Å². The summed E-state index contributed by atoms with van der Waals surface area (Å²) in [5, 5.41) is 12.7. The maximum Gasteiger partial charge on any atom is 0.410 e. The van der Waals surface area contributed by atoms with Crippen molar-refractivity contribution in [2.75, 3.05) is 26.2 Å². The van der Waals surface area contributed by atoms with E-state index in [1.807, 2.05) is 25.7 Å². The Morgan fingerprint density at radius 2 is 2.11 bits per heavy atom. The van der Waals surface area contributed by atoms with Gasteiger partial charge in [0.05, 0.1) is 0 Å². The molecule has 2 aliphatic rings. The molecular weight excluding hydrogens is 234 g/mol. The van der Waals surface area contributed by atoms with Crippen LogP contribution in [0.2, 0.25) is 0 Å². The molecule has 6 nitrogen and oxygen atoms in total. The fourth-order valence-corrected chi connectivity index (χ4v) is 2.45. The van der Waals surface area contributed by atoms with Crippen molar-refractivity contribution in [3.05, 3.63) is 0 Å². The molecule has 1 amide bonds. The third-order valence-corrected chi connectivity index (χ3v) is 3.30. The number of ether oxygens (including phenoxy) is 1. The van der Waals surface area contributed by atoms with Crippen molar-refractivity contribution in [1.29, 1.82) is 0 Å². The van der Waals surface area contributed by atoms with E-state index in [2.05, 4.69) is 5.32 Å². The SMILES string of the molecule is CC(C)(C)OC(=O)N1CC[C@@H](N2CCNC2O)C1. The monoisotopic (exact) mass is 257 g/mol. The largest absolute Gasteiger partial charge is 0.444 e. The Kier molecular flexibility index (Phi) is 3.79. The Bertz CT molecular complexity index is 316. The van der Waals surface area contributed by atoms with Crippen LogP contribution >= 0.6 is 0 Å². The Morgan fingerprint density at radius 1 is 1.39 bits per heavy atom. The summed E-state index contributed by atoms with van der Waals surface area (Å²) in [6, 6.07) is 0.225. The summed E-state index contributed by atoms with van der Waals surface area (Å²) in [6.45, 7) is 8.56. The Morgan fingerprint density at radius 3 is 2.67 bits per heavy atom. The zero-order valence-electron chi connectivity index (χ0n) is 11.3. The van der Waals surface area contributed by atoms with Crippen molar-refractivity contribution < 1.29 is 14.6 Å². The van der Waals surface area contributed by atoms with Gasteiger partial charge in [0.25, 0.3) is 0 Å². The van der Waals surface area contributed by atoms with Crippen LogP contribution in [-0.2, 0) is 4.74 Å². The minimum Gasteiger partial charge on any atom is -0.444 e. The summed E-state index contributed by atoms with van der Waals surface area (Å²) < 4.78 is 5.35. The van der Waals surface area contributed by atoms with E-state index < -0.39 is 12.0 Å². The number of carbonyl (C=O) groups excluding carboxylic acids is 1. The van der Waals surface area contributed by atoms with Crippen LogP contribution in [0.1, 0.15) is 27.2 Å². The highest BCUT2D eigenvalue weighted by molar-refractivity contribution is 5.68. The molecule has 0 saturated carbocycles. The summed E-state index contributed by atoms with van der Waals surface area (Å²) in [5.74, 6) is 0. The van der Waals surface area contributed by atoms with Gasteiger partial charge in [-0.2, -0.15) is 0 Å². The van der Waals surface area contributed by atoms with Crippen LogP contribution in [0, 0.1) is 0 Å². The Labute approximate surface area is 108 Å². The molecule has 2 aliphatic heterocycles. The normalized spacial score (nSPS) is 29.9. The van der Waals surface area contributed by atoms with Gasteiger partial charge in [-0.25, -0.2) is 4.79 Å². The van der Waals surface area contributed by atoms with Crippen molar-refractivity contribution in [3.8, 4) is 0 Å². The van der Waals surface area contributed by atoms with Gasteiger partial charge in [0.15, 0.2) is 6.35 Å². The maximum atomic E-state index is 11.9. The lowest BCUT2D eigenvalue weighted by atomic mass is 10.2. The van der Waals surface area contributed by atoms with Gasteiger partial charge < -0.3 is 14.7 Å². The van der Waals surface area contributed by atoms with Crippen molar-refractivity contribution in [2.24, 2.45) is 0 Å². The molecule has 0 spiro atoms. The third kappa shape index (κ3) is 3.13. The molecule has 2 rings (SSSR count).